The zero-order valence-corrected chi connectivity index (χ0v) is 15.8. The molecule has 1 aromatic carbocycles. The number of hydrogen-bond acceptors (Lipinski definition) is 2. The molecule has 0 fully saturated rings. The normalized spacial score (nSPS) is 12.7. The summed E-state index contributed by atoms with van der Waals surface area (Å²) in [6, 6.07) is 10.6. The maximum Gasteiger partial charge on any atom is 0.252 e. The van der Waals surface area contributed by atoms with E-state index in [0.717, 1.165) is 10.4 Å². The van der Waals surface area contributed by atoms with Gasteiger partial charge in [0.05, 0.1) is 11.6 Å². The third-order valence-electron chi connectivity index (χ3n) is 4.20. The van der Waals surface area contributed by atoms with Crippen molar-refractivity contribution in [2.45, 2.75) is 53.5 Å². The predicted molar refractivity (Wildman–Crippen MR) is 99.4 cm³/mol. The van der Waals surface area contributed by atoms with Crippen LogP contribution < -0.4 is 5.32 Å². The van der Waals surface area contributed by atoms with Gasteiger partial charge in [0.15, 0.2) is 0 Å². The lowest BCUT2D eigenvalue weighted by Gasteiger charge is -2.23. The number of carbonyl (C=O) groups is 1. The highest BCUT2D eigenvalue weighted by Gasteiger charge is 2.21. The Hall–Kier alpha value is -1.61. The minimum atomic E-state index is 0.0264. The first-order chi connectivity index (χ1) is 10.8. The summed E-state index contributed by atoms with van der Waals surface area (Å²) in [5, 5.41) is 3.22. The van der Waals surface area contributed by atoms with Crippen LogP contribution in [0.25, 0.3) is 0 Å². The summed E-state index contributed by atoms with van der Waals surface area (Å²) in [4.78, 5) is 14.9. The first-order valence-electron chi connectivity index (χ1n) is 8.27. The first-order valence-corrected chi connectivity index (χ1v) is 9.09. The lowest BCUT2D eigenvalue weighted by molar-refractivity contribution is 0.0925. The smallest absolute Gasteiger partial charge is 0.252 e. The average Bonchev–Trinajstić information content (AvgIpc) is 2.83. The molecular weight excluding hydrogens is 302 g/mol. The van der Waals surface area contributed by atoms with Crippen molar-refractivity contribution in [2.24, 2.45) is 5.92 Å². The molecular formula is C20H27NOS. The fraction of sp³-hybridized carbons (Fsp3) is 0.450. The van der Waals surface area contributed by atoms with Gasteiger partial charge in [0, 0.05) is 9.75 Å². The van der Waals surface area contributed by atoms with Crippen LogP contribution in [0.4, 0.5) is 0 Å². The maximum atomic E-state index is 12.6. The van der Waals surface area contributed by atoms with Crippen LogP contribution in [0, 0.1) is 19.8 Å². The van der Waals surface area contributed by atoms with Crippen LogP contribution in [0.3, 0.4) is 0 Å². The third kappa shape index (κ3) is 4.23. The molecule has 0 radical (unpaired) electrons. The van der Waals surface area contributed by atoms with Crippen molar-refractivity contribution < 1.29 is 4.79 Å². The van der Waals surface area contributed by atoms with E-state index in [4.69, 9.17) is 0 Å². The van der Waals surface area contributed by atoms with Gasteiger partial charge in [-0.15, -0.1) is 11.3 Å². The van der Waals surface area contributed by atoms with Gasteiger partial charge >= 0.3 is 0 Å². The van der Waals surface area contributed by atoms with Crippen molar-refractivity contribution in [1.29, 1.82) is 0 Å². The van der Waals surface area contributed by atoms with Crippen LogP contribution in [0.2, 0.25) is 0 Å². The molecule has 1 unspecified atom stereocenters. The largest absolute Gasteiger partial charge is 0.345 e. The number of thiophene rings is 1. The molecule has 2 rings (SSSR count). The van der Waals surface area contributed by atoms with E-state index in [9.17, 15) is 4.79 Å². The van der Waals surface area contributed by atoms with Crippen LogP contribution in [0.15, 0.2) is 30.3 Å². The lowest BCUT2D eigenvalue weighted by atomic mass is 9.93. The summed E-state index contributed by atoms with van der Waals surface area (Å²) in [7, 11) is 0. The Morgan fingerprint density at radius 2 is 1.57 bits per heavy atom. The molecule has 2 nitrogen and oxygen atoms in total. The fourth-order valence-corrected chi connectivity index (χ4v) is 3.72. The monoisotopic (exact) mass is 329 g/mol. The van der Waals surface area contributed by atoms with E-state index in [2.05, 4.69) is 57.3 Å². The van der Waals surface area contributed by atoms with Gasteiger partial charge in [-0.25, -0.2) is 0 Å². The highest BCUT2D eigenvalue weighted by Crippen LogP contribution is 2.26. The van der Waals surface area contributed by atoms with Gasteiger partial charge in [-0.05, 0) is 42.9 Å². The van der Waals surface area contributed by atoms with Crippen molar-refractivity contribution in [3.05, 3.63) is 56.8 Å². The standard InChI is InChI=1S/C20H27NOS/c1-12(2)16-7-9-17(10-8-16)19(13(3)4)21-20(22)18-11-14(5)23-15(18)6/h7-13,19H,1-6H3,(H,21,22). The average molecular weight is 330 g/mol. The lowest BCUT2D eigenvalue weighted by Crippen LogP contribution is -2.31. The summed E-state index contributed by atoms with van der Waals surface area (Å²) in [6.45, 7) is 12.7. The van der Waals surface area contributed by atoms with Crippen LogP contribution in [0.1, 0.15) is 70.9 Å². The molecule has 1 amide bonds. The molecule has 0 aliphatic carbocycles. The third-order valence-corrected chi connectivity index (χ3v) is 5.17. The summed E-state index contributed by atoms with van der Waals surface area (Å²) >= 11 is 1.67. The molecule has 124 valence electrons. The Morgan fingerprint density at radius 3 is 2.00 bits per heavy atom. The minimum Gasteiger partial charge on any atom is -0.345 e. The molecule has 0 saturated heterocycles. The Kier molecular flexibility index (Phi) is 5.64. The molecule has 0 aliphatic rings. The van der Waals surface area contributed by atoms with Gasteiger partial charge in [-0.2, -0.15) is 0 Å². The van der Waals surface area contributed by atoms with Crippen molar-refractivity contribution in [1.82, 2.24) is 5.32 Å². The number of hydrogen-bond donors (Lipinski definition) is 1. The number of rotatable bonds is 5. The number of benzene rings is 1. The van der Waals surface area contributed by atoms with Gasteiger partial charge < -0.3 is 5.32 Å². The number of nitrogens with one attached hydrogen (secondary N) is 1. The molecule has 1 N–H and O–H groups in total. The topological polar surface area (TPSA) is 29.1 Å². The Bertz CT molecular complexity index is 667. The van der Waals surface area contributed by atoms with E-state index in [1.807, 2.05) is 19.9 Å². The van der Waals surface area contributed by atoms with Crippen molar-refractivity contribution in [3.8, 4) is 0 Å². The van der Waals surface area contributed by atoms with Gasteiger partial charge in [0.25, 0.3) is 5.91 Å². The summed E-state index contributed by atoms with van der Waals surface area (Å²) in [6.07, 6.45) is 0. The molecule has 1 aromatic heterocycles. The summed E-state index contributed by atoms with van der Waals surface area (Å²) in [5.41, 5.74) is 3.30. The molecule has 1 heterocycles. The Labute approximate surface area is 143 Å². The van der Waals surface area contributed by atoms with Crippen molar-refractivity contribution >= 4 is 17.2 Å². The predicted octanol–water partition coefficient (Wildman–Crippen LogP) is 5.62. The number of aryl methyl sites for hydroxylation is 2. The van der Waals surface area contributed by atoms with Gasteiger partial charge in [-0.1, -0.05) is 52.0 Å². The zero-order chi connectivity index (χ0) is 17.1. The van der Waals surface area contributed by atoms with E-state index in [0.29, 0.717) is 11.8 Å². The second kappa shape index (κ2) is 7.31. The zero-order valence-electron chi connectivity index (χ0n) is 14.9. The molecule has 2 aromatic rings. The van der Waals surface area contributed by atoms with Gasteiger partial charge in [-0.3, -0.25) is 4.79 Å². The molecule has 0 aliphatic heterocycles. The maximum absolute atomic E-state index is 12.6. The van der Waals surface area contributed by atoms with E-state index >= 15 is 0 Å². The summed E-state index contributed by atoms with van der Waals surface area (Å²) in [5.74, 6) is 0.884. The molecule has 23 heavy (non-hydrogen) atoms. The number of amides is 1. The van der Waals surface area contributed by atoms with E-state index in [-0.39, 0.29) is 11.9 Å². The molecule has 1 atom stereocenters. The Balaban J connectivity index is 2.22. The van der Waals surface area contributed by atoms with Crippen LogP contribution in [-0.4, -0.2) is 5.91 Å². The first kappa shape index (κ1) is 17.7. The highest BCUT2D eigenvalue weighted by molar-refractivity contribution is 7.12. The van der Waals surface area contributed by atoms with Crippen LogP contribution in [0.5, 0.6) is 0 Å². The molecule has 0 bridgehead atoms. The highest BCUT2D eigenvalue weighted by atomic mass is 32.1. The minimum absolute atomic E-state index is 0.0264. The second-order valence-electron chi connectivity index (χ2n) is 6.84. The van der Waals surface area contributed by atoms with E-state index in [1.54, 1.807) is 11.3 Å². The summed E-state index contributed by atoms with van der Waals surface area (Å²) < 4.78 is 0. The van der Waals surface area contributed by atoms with Gasteiger partial charge in [0.2, 0.25) is 0 Å². The quantitative estimate of drug-likeness (QED) is 0.758. The van der Waals surface area contributed by atoms with Crippen LogP contribution in [-0.2, 0) is 0 Å². The Morgan fingerprint density at radius 1 is 1.00 bits per heavy atom. The van der Waals surface area contributed by atoms with E-state index < -0.39 is 0 Å². The van der Waals surface area contributed by atoms with Gasteiger partial charge in [0.1, 0.15) is 0 Å². The molecule has 0 saturated carbocycles. The number of carbonyl (C=O) groups excluding carboxylic acids is 1. The second-order valence-corrected chi connectivity index (χ2v) is 8.30. The van der Waals surface area contributed by atoms with Crippen molar-refractivity contribution in [3.63, 3.8) is 0 Å². The van der Waals surface area contributed by atoms with Crippen LogP contribution >= 0.6 is 11.3 Å². The van der Waals surface area contributed by atoms with Crippen molar-refractivity contribution in [2.75, 3.05) is 0 Å². The molecule has 3 heteroatoms. The van der Waals surface area contributed by atoms with E-state index in [1.165, 1.54) is 16.0 Å². The molecule has 0 spiro atoms. The SMILES string of the molecule is Cc1cc(C(=O)NC(c2ccc(C(C)C)cc2)C(C)C)c(C)s1. The fourth-order valence-electron chi connectivity index (χ4n) is 2.80.